The van der Waals surface area contributed by atoms with E-state index < -0.39 is 6.10 Å². The summed E-state index contributed by atoms with van der Waals surface area (Å²) < 4.78 is 17.1. The molecule has 0 aliphatic heterocycles. The number of hydrogen-bond donors (Lipinski definition) is 0. The normalized spacial score (nSPS) is 12.0. The maximum absolute atomic E-state index is 13.0. The van der Waals surface area contributed by atoms with E-state index in [9.17, 15) is 14.4 Å². The van der Waals surface area contributed by atoms with E-state index in [2.05, 4.69) is 32.9 Å². The predicted molar refractivity (Wildman–Crippen MR) is 353 cm³/mol. The van der Waals surface area contributed by atoms with Crippen molar-refractivity contribution in [1.82, 2.24) is 0 Å². The highest BCUT2D eigenvalue weighted by Crippen LogP contribution is 2.19. The molecule has 0 aromatic carbocycles. The number of rotatable bonds is 70. The molecular formula is C75H144O6. The van der Waals surface area contributed by atoms with E-state index in [1.165, 1.54) is 334 Å². The third kappa shape index (κ3) is 68.8. The van der Waals surface area contributed by atoms with Crippen molar-refractivity contribution < 1.29 is 28.6 Å². The summed E-state index contributed by atoms with van der Waals surface area (Å²) >= 11 is 0. The van der Waals surface area contributed by atoms with Crippen molar-refractivity contribution in [2.45, 2.75) is 438 Å². The summed E-state index contributed by atoms with van der Waals surface area (Å²) in [6.45, 7) is 6.74. The average Bonchev–Trinajstić information content (AvgIpc) is 3.47. The Kier molecular flexibility index (Phi) is 69.0. The van der Waals surface area contributed by atoms with Crippen LogP contribution in [0.15, 0.2) is 12.2 Å². The summed E-state index contributed by atoms with van der Waals surface area (Å²) in [5.74, 6) is -0.822. The predicted octanol–water partition coefficient (Wildman–Crippen LogP) is 25.6. The molecule has 0 saturated carbocycles. The van der Waals surface area contributed by atoms with E-state index in [4.69, 9.17) is 14.2 Å². The smallest absolute Gasteiger partial charge is 0.306 e. The van der Waals surface area contributed by atoms with Crippen molar-refractivity contribution in [3.8, 4) is 0 Å². The second-order valence-corrected chi connectivity index (χ2v) is 25.6. The SMILES string of the molecule is CCCCCCCC/C=C\CCCCCCCCCCCCCC(=O)OC[C@H](COC(=O)CCCCCCCCCCCCCCCCCCCCCCC)OC(=O)CCCCCCCCCCCCCCCCCCCCCCC. The van der Waals surface area contributed by atoms with Gasteiger partial charge in [0, 0.05) is 19.3 Å². The van der Waals surface area contributed by atoms with Gasteiger partial charge in [0.2, 0.25) is 0 Å². The lowest BCUT2D eigenvalue weighted by Crippen LogP contribution is -2.30. The maximum atomic E-state index is 13.0. The van der Waals surface area contributed by atoms with E-state index in [-0.39, 0.29) is 31.1 Å². The van der Waals surface area contributed by atoms with Crippen LogP contribution in [0.4, 0.5) is 0 Å². The van der Waals surface area contributed by atoms with Gasteiger partial charge in [0.1, 0.15) is 13.2 Å². The molecule has 0 rings (SSSR count). The van der Waals surface area contributed by atoms with Gasteiger partial charge < -0.3 is 14.2 Å². The largest absolute Gasteiger partial charge is 0.462 e. The molecule has 0 unspecified atom stereocenters. The molecule has 6 heteroatoms. The zero-order chi connectivity index (χ0) is 58.5. The van der Waals surface area contributed by atoms with Gasteiger partial charge in [-0.05, 0) is 44.9 Å². The Morgan fingerprint density at radius 1 is 0.235 bits per heavy atom. The third-order valence-electron chi connectivity index (χ3n) is 17.3. The van der Waals surface area contributed by atoms with Gasteiger partial charge in [-0.15, -0.1) is 0 Å². The molecule has 0 N–H and O–H groups in total. The molecule has 0 saturated heterocycles. The minimum atomic E-state index is -0.767. The topological polar surface area (TPSA) is 78.9 Å². The maximum Gasteiger partial charge on any atom is 0.306 e. The van der Waals surface area contributed by atoms with Gasteiger partial charge >= 0.3 is 17.9 Å². The highest BCUT2D eigenvalue weighted by Gasteiger charge is 2.20. The van der Waals surface area contributed by atoms with E-state index in [1.807, 2.05) is 0 Å². The number of ether oxygens (including phenoxy) is 3. The van der Waals surface area contributed by atoms with Gasteiger partial charge in [0.05, 0.1) is 0 Å². The summed E-state index contributed by atoms with van der Waals surface area (Å²) in [4.78, 5) is 38.5. The van der Waals surface area contributed by atoms with Gasteiger partial charge in [0.25, 0.3) is 0 Å². The van der Waals surface area contributed by atoms with Crippen LogP contribution in [0.3, 0.4) is 0 Å². The van der Waals surface area contributed by atoms with Crippen LogP contribution in [0.25, 0.3) is 0 Å². The highest BCUT2D eigenvalue weighted by atomic mass is 16.6. The van der Waals surface area contributed by atoms with E-state index in [1.54, 1.807) is 0 Å². The number of carbonyl (C=O) groups excluding carboxylic acids is 3. The molecule has 0 aliphatic carbocycles. The fourth-order valence-corrected chi connectivity index (χ4v) is 11.7. The number of esters is 3. The first-order valence-corrected chi connectivity index (χ1v) is 37.2. The lowest BCUT2D eigenvalue weighted by atomic mass is 10.0. The zero-order valence-corrected chi connectivity index (χ0v) is 55.4. The molecular weight excluding hydrogens is 997 g/mol. The molecule has 0 radical (unpaired) electrons. The summed E-state index contributed by atoms with van der Waals surface area (Å²) in [5.41, 5.74) is 0. The van der Waals surface area contributed by atoms with Crippen LogP contribution in [0.5, 0.6) is 0 Å². The third-order valence-corrected chi connectivity index (χ3v) is 17.3. The molecule has 0 aromatic heterocycles. The first-order valence-electron chi connectivity index (χ1n) is 37.2. The standard InChI is InChI=1S/C75H144O6/c1-4-7-10-13-16-19-22-25-28-31-34-37-40-43-46-49-52-55-58-61-64-67-73(76)79-70-72(81-75(78)69-66-63-60-57-54-51-48-45-42-39-36-33-30-27-24-21-18-15-12-9-6-3)71-80-74(77)68-65-62-59-56-53-50-47-44-41-38-35-32-29-26-23-20-17-14-11-8-5-2/h25,28,72H,4-24,26-27,29-71H2,1-3H3/b28-25-/t72-/m1/s1. The van der Waals surface area contributed by atoms with Crippen molar-refractivity contribution in [2.24, 2.45) is 0 Å². The van der Waals surface area contributed by atoms with Crippen LogP contribution in [0.1, 0.15) is 432 Å². The Morgan fingerprint density at radius 2 is 0.407 bits per heavy atom. The Labute approximate surface area is 507 Å². The van der Waals surface area contributed by atoms with Crippen LogP contribution >= 0.6 is 0 Å². The van der Waals surface area contributed by atoms with Crippen LogP contribution in [-0.2, 0) is 28.6 Å². The fraction of sp³-hybridized carbons (Fsp3) is 0.933. The lowest BCUT2D eigenvalue weighted by Gasteiger charge is -2.18. The zero-order valence-electron chi connectivity index (χ0n) is 55.4. The molecule has 0 aromatic rings. The van der Waals surface area contributed by atoms with Crippen molar-refractivity contribution in [1.29, 1.82) is 0 Å². The second kappa shape index (κ2) is 70.6. The Hall–Kier alpha value is -1.85. The van der Waals surface area contributed by atoms with E-state index >= 15 is 0 Å². The first kappa shape index (κ1) is 79.2. The molecule has 0 heterocycles. The fourth-order valence-electron chi connectivity index (χ4n) is 11.7. The van der Waals surface area contributed by atoms with Crippen LogP contribution in [0.2, 0.25) is 0 Å². The van der Waals surface area contributed by atoms with Crippen molar-refractivity contribution in [3.05, 3.63) is 12.2 Å². The van der Waals surface area contributed by atoms with Gasteiger partial charge in [-0.1, -0.05) is 380 Å². The van der Waals surface area contributed by atoms with E-state index in [0.717, 1.165) is 57.8 Å². The second-order valence-electron chi connectivity index (χ2n) is 25.6. The summed E-state index contributed by atoms with van der Waals surface area (Å²) in [6, 6.07) is 0. The Balaban J connectivity index is 4.28. The number of hydrogen-bond acceptors (Lipinski definition) is 6. The molecule has 1 atom stereocenters. The summed E-state index contributed by atoms with van der Waals surface area (Å²) in [5, 5.41) is 0. The van der Waals surface area contributed by atoms with Crippen LogP contribution in [0, 0.1) is 0 Å². The minimum Gasteiger partial charge on any atom is -0.462 e. The molecule has 0 bridgehead atoms. The van der Waals surface area contributed by atoms with Gasteiger partial charge in [0.15, 0.2) is 6.10 Å². The van der Waals surface area contributed by atoms with Gasteiger partial charge in [-0.2, -0.15) is 0 Å². The van der Waals surface area contributed by atoms with Gasteiger partial charge in [-0.25, -0.2) is 0 Å². The molecule has 6 nitrogen and oxygen atoms in total. The molecule has 0 aliphatic rings. The van der Waals surface area contributed by atoms with Crippen LogP contribution in [-0.4, -0.2) is 37.2 Å². The minimum absolute atomic E-state index is 0.0624. The lowest BCUT2D eigenvalue weighted by molar-refractivity contribution is -0.167. The Morgan fingerprint density at radius 3 is 0.617 bits per heavy atom. The van der Waals surface area contributed by atoms with Crippen molar-refractivity contribution in [2.75, 3.05) is 13.2 Å². The Bertz CT molecular complexity index is 1260. The molecule has 81 heavy (non-hydrogen) atoms. The molecule has 0 fully saturated rings. The molecule has 0 amide bonds. The summed E-state index contributed by atoms with van der Waals surface area (Å²) in [6.07, 6.45) is 85.3. The monoisotopic (exact) mass is 1140 g/mol. The first-order chi connectivity index (χ1) is 40.0. The number of allylic oxidation sites excluding steroid dienone is 2. The molecule has 0 spiro atoms. The van der Waals surface area contributed by atoms with E-state index in [0.29, 0.717) is 19.3 Å². The summed E-state index contributed by atoms with van der Waals surface area (Å²) in [7, 11) is 0. The molecule has 480 valence electrons. The number of carbonyl (C=O) groups is 3. The highest BCUT2D eigenvalue weighted by molar-refractivity contribution is 5.71. The average molecular weight is 1140 g/mol. The number of unbranched alkanes of at least 4 members (excludes halogenated alkanes) is 57. The van der Waals surface area contributed by atoms with Crippen molar-refractivity contribution >= 4 is 17.9 Å². The van der Waals surface area contributed by atoms with Crippen molar-refractivity contribution in [3.63, 3.8) is 0 Å². The van der Waals surface area contributed by atoms with Crippen LogP contribution < -0.4 is 0 Å². The van der Waals surface area contributed by atoms with Gasteiger partial charge in [-0.3, -0.25) is 14.4 Å². The quantitative estimate of drug-likeness (QED) is 0.0261.